The molecule has 0 aliphatic carbocycles. The van der Waals surface area contributed by atoms with E-state index in [-0.39, 0.29) is 11.3 Å². The summed E-state index contributed by atoms with van der Waals surface area (Å²) in [6.07, 6.45) is 3.59. The van der Waals surface area contributed by atoms with E-state index in [1.807, 2.05) is 53.3 Å². The van der Waals surface area contributed by atoms with Gasteiger partial charge in [0, 0.05) is 29.4 Å². The van der Waals surface area contributed by atoms with Crippen molar-refractivity contribution in [3.63, 3.8) is 0 Å². The summed E-state index contributed by atoms with van der Waals surface area (Å²) >= 11 is 0. The fourth-order valence-corrected chi connectivity index (χ4v) is 3.14. The molecule has 1 amide bonds. The zero-order valence-electron chi connectivity index (χ0n) is 17.4. The second-order valence-electron chi connectivity index (χ2n) is 8.26. The average molecular weight is 399 g/mol. The second kappa shape index (κ2) is 7.99. The van der Waals surface area contributed by atoms with Crippen LogP contribution in [-0.4, -0.2) is 25.5 Å². The van der Waals surface area contributed by atoms with Crippen molar-refractivity contribution in [3.05, 3.63) is 95.9 Å². The topological polar surface area (TPSA) is 64.7 Å². The highest BCUT2D eigenvalue weighted by Crippen LogP contribution is 2.25. The van der Waals surface area contributed by atoms with Crippen molar-refractivity contribution in [3.8, 4) is 5.69 Å². The summed E-state index contributed by atoms with van der Waals surface area (Å²) in [5.74, 6) is 0.515. The van der Waals surface area contributed by atoms with Gasteiger partial charge < -0.3 is 5.32 Å². The van der Waals surface area contributed by atoms with Gasteiger partial charge in [-0.3, -0.25) is 4.79 Å². The summed E-state index contributed by atoms with van der Waals surface area (Å²) in [5, 5.41) is 12.0. The third-order valence-electron chi connectivity index (χ3n) is 4.86. The molecule has 6 nitrogen and oxygen atoms in total. The standard InChI is InChI=1S/C24H25N5O/c1-24(2,3)21-16-22(29(27-21)17-18-8-5-4-6-9-18)26-23(30)19-10-12-20(13-11-19)28-15-7-14-25-28/h4-16H,17H2,1-3H3,(H,26,30). The Balaban J connectivity index is 1.58. The van der Waals surface area contributed by atoms with E-state index in [0.29, 0.717) is 17.9 Å². The van der Waals surface area contributed by atoms with Crippen LogP contribution >= 0.6 is 0 Å². The van der Waals surface area contributed by atoms with Crippen LogP contribution in [0.3, 0.4) is 0 Å². The Morgan fingerprint density at radius 2 is 1.73 bits per heavy atom. The normalized spacial score (nSPS) is 11.4. The van der Waals surface area contributed by atoms with Crippen LogP contribution in [0.1, 0.15) is 42.4 Å². The van der Waals surface area contributed by atoms with Gasteiger partial charge in [-0.05, 0) is 35.9 Å². The number of carbonyl (C=O) groups excluding carboxylic acids is 1. The number of amides is 1. The zero-order valence-corrected chi connectivity index (χ0v) is 17.4. The molecule has 1 N–H and O–H groups in total. The highest BCUT2D eigenvalue weighted by atomic mass is 16.1. The number of nitrogens with one attached hydrogen (secondary N) is 1. The quantitative estimate of drug-likeness (QED) is 0.530. The van der Waals surface area contributed by atoms with Crippen molar-refractivity contribution in [2.75, 3.05) is 5.32 Å². The molecule has 30 heavy (non-hydrogen) atoms. The van der Waals surface area contributed by atoms with Crippen molar-refractivity contribution in [1.82, 2.24) is 19.6 Å². The fraction of sp³-hybridized carbons (Fsp3) is 0.208. The van der Waals surface area contributed by atoms with Crippen LogP contribution in [0.5, 0.6) is 0 Å². The summed E-state index contributed by atoms with van der Waals surface area (Å²) in [5.41, 5.74) is 3.42. The van der Waals surface area contributed by atoms with Gasteiger partial charge in [0.2, 0.25) is 0 Å². The largest absolute Gasteiger partial charge is 0.307 e. The molecule has 0 aliphatic rings. The summed E-state index contributed by atoms with van der Waals surface area (Å²) < 4.78 is 3.61. The van der Waals surface area contributed by atoms with Crippen LogP contribution in [0.4, 0.5) is 5.82 Å². The summed E-state index contributed by atoms with van der Waals surface area (Å²) in [7, 11) is 0. The van der Waals surface area contributed by atoms with Crippen LogP contribution in [0.25, 0.3) is 5.69 Å². The lowest BCUT2D eigenvalue weighted by Crippen LogP contribution is -2.16. The van der Waals surface area contributed by atoms with Crippen molar-refractivity contribution in [2.24, 2.45) is 0 Å². The SMILES string of the molecule is CC(C)(C)c1cc(NC(=O)c2ccc(-n3cccn3)cc2)n(Cc2ccccc2)n1. The molecule has 4 aromatic rings. The van der Waals surface area contributed by atoms with Crippen LogP contribution in [0, 0.1) is 0 Å². The van der Waals surface area contributed by atoms with Gasteiger partial charge in [0.1, 0.15) is 5.82 Å². The Bertz CT molecular complexity index is 1120. The Hall–Kier alpha value is -3.67. The number of hydrogen-bond donors (Lipinski definition) is 1. The van der Waals surface area contributed by atoms with Gasteiger partial charge in [0.15, 0.2) is 0 Å². The molecule has 152 valence electrons. The maximum absolute atomic E-state index is 12.9. The van der Waals surface area contributed by atoms with Gasteiger partial charge in [0.05, 0.1) is 17.9 Å². The summed E-state index contributed by atoms with van der Waals surface area (Å²) in [6, 6.07) is 21.3. The van der Waals surface area contributed by atoms with E-state index in [1.54, 1.807) is 23.0 Å². The zero-order chi connectivity index (χ0) is 21.1. The molecule has 0 radical (unpaired) electrons. The Labute approximate surface area is 176 Å². The summed E-state index contributed by atoms with van der Waals surface area (Å²) in [4.78, 5) is 12.9. The highest BCUT2D eigenvalue weighted by Gasteiger charge is 2.21. The van der Waals surface area contributed by atoms with Crippen LogP contribution in [0.15, 0.2) is 79.1 Å². The average Bonchev–Trinajstić information content (AvgIpc) is 3.39. The van der Waals surface area contributed by atoms with Gasteiger partial charge in [-0.1, -0.05) is 51.1 Å². The van der Waals surface area contributed by atoms with E-state index in [2.05, 4.69) is 43.3 Å². The molecule has 0 atom stereocenters. The lowest BCUT2D eigenvalue weighted by atomic mass is 9.92. The maximum atomic E-state index is 12.9. The minimum atomic E-state index is -0.170. The van der Waals surface area contributed by atoms with E-state index >= 15 is 0 Å². The molecule has 0 saturated carbocycles. The lowest BCUT2D eigenvalue weighted by molar-refractivity contribution is 0.102. The Morgan fingerprint density at radius 3 is 2.37 bits per heavy atom. The van der Waals surface area contributed by atoms with Gasteiger partial charge in [-0.25, -0.2) is 9.36 Å². The molecule has 2 heterocycles. The molecule has 2 aromatic heterocycles. The number of anilines is 1. The van der Waals surface area contributed by atoms with Crippen LogP contribution < -0.4 is 5.32 Å². The van der Waals surface area contributed by atoms with Gasteiger partial charge in [-0.2, -0.15) is 10.2 Å². The van der Waals surface area contributed by atoms with E-state index in [1.165, 1.54) is 0 Å². The molecular formula is C24H25N5O. The first-order valence-electron chi connectivity index (χ1n) is 9.94. The molecule has 0 bridgehead atoms. The lowest BCUT2D eigenvalue weighted by Gasteiger charge is -2.14. The van der Waals surface area contributed by atoms with Crippen LogP contribution in [0.2, 0.25) is 0 Å². The van der Waals surface area contributed by atoms with Crippen molar-refractivity contribution >= 4 is 11.7 Å². The number of nitrogens with zero attached hydrogens (tertiary/aromatic N) is 4. The minimum Gasteiger partial charge on any atom is -0.307 e. The van der Waals surface area contributed by atoms with E-state index in [9.17, 15) is 4.79 Å². The van der Waals surface area contributed by atoms with Crippen molar-refractivity contribution < 1.29 is 4.79 Å². The number of hydrogen-bond acceptors (Lipinski definition) is 3. The Kier molecular flexibility index (Phi) is 5.23. The van der Waals surface area contributed by atoms with Crippen LogP contribution in [-0.2, 0) is 12.0 Å². The molecule has 6 heteroatoms. The molecule has 2 aromatic carbocycles. The summed E-state index contributed by atoms with van der Waals surface area (Å²) in [6.45, 7) is 6.93. The predicted molar refractivity (Wildman–Crippen MR) is 118 cm³/mol. The van der Waals surface area contributed by atoms with Crippen molar-refractivity contribution in [1.29, 1.82) is 0 Å². The van der Waals surface area contributed by atoms with Gasteiger partial charge >= 0.3 is 0 Å². The molecule has 0 fully saturated rings. The molecular weight excluding hydrogens is 374 g/mol. The number of benzene rings is 2. The maximum Gasteiger partial charge on any atom is 0.256 e. The van der Waals surface area contributed by atoms with Gasteiger partial charge in [0.25, 0.3) is 5.91 Å². The van der Waals surface area contributed by atoms with E-state index < -0.39 is 0 Å². The first-order valence-corrected chi connectivity index (χ1v) is 9.94. The van der Waals surface area contributed by atoms with Crippen molar-refractivity contribution in [2.45, 2.75) is 32.7 Å². The molecule has 0 saturated heterocycles. The second-order valence-corrected chi connectivity index (χ2v) is 8.26. The van der Waals surface area contributed by atoms with E-state index in [0.717, 1.165) is 16.9 Å². The highest BCUT2D eigenvalue weighted by molar-refractivity contribution is 6.04. The molecule has 0 unspecified atom stereocenters. The first-order chi connectivity index (χ1) is 14.4. The third-order valence-corrected chi connectivity index (χ3v) is 4.86. The van der Waals surface area contributed by atoms with E-state index in [4.69, 9.17) is 5.10 Å². The monoisotopic (exact) mass is 399 g/mol. The number of aromatic nitrogens is 4. The predicted octanol–water partition coefficient (Wildman–Crippen LogP) is 4.67. The number of carbonyl (C=O) groups is 1. The minimum absolute atomic E-state index is 0.118. The first kappa shape index (κ1) is 19.6. The fourth-order valence-electron chi connectivity index (χ4n) is 3.14. The Morgan fingerprint density at radius 1 is 1.00 bits per heavy atom. The third kappa shape index (κ3) is 4.33. The molecule has 0 spiro atoms. The molecule has 0 aliphatic heterocycles. The molecule has 4 rings (SSSR count). The number of rotatable bonds is 5. The van der Waals surface area contributed by atoms with Gasteiger partial charge in [-0.15, -0.1) is 0 Å². The smallest absolute Gasteiger partial charge is 0.256 e.